The number of nitrogens with zero attached hydrogens (tertiary/aromatic N) is 4. The summed E-state index contributed by atoms with van der Waals surface area (Å²) < 4.78 is 8.37. The molecule has 3 rings (SSSR count). The van der Waals surface area contributed by atoms with Crippen LogP contribution in [0.5, 0.6) is 0 Å². The number of aromatic nitrogens is 3. The molecule has 0 spiro atoms. The standard InChI is InChI=1S/C12H6ClN5S/c13-7-3-4-9-12(18-19-17-9)11(7)16-8-2-1-5-15-10(8)6-14/h1-5,16H. The van der Waals surface area contributed by atoms with Gasteiger partial charge in [0.2, 0.25) is 0 Å². The Bertz CT molecular complexity index is 792. The molecule has 2 heterocycles. The number of halogens is 1. The predicted octanol–water partition coefficient (Wildman–Crippen LogP) is 3.35. The average molecular weight is 288 g/mol. The minimum absolute atomic E-state index is 0.304. The van der Waals surface area contributed by atoms with Crippen molar-refractivity contribution in [2.24, 2.45) is 0 Å². The lowest BCUT2D eigenvalue weighted by atomic mass is 10.2. The zero-order chi connectivity index (χ0) is 13.2. The Morgan fingerprint density at radius 3 is 3.00 bits per heavy atom. The van der Waals surface area contributed by atoms with Crippen molar-refractivity contribution in [1.82, 2.24) is 13.7 Å². The second-order valence-electron chi connectivity index (χ2n) is 3.69. The van der Waals surface area contributed by atoms with Crippen molar-refractivity contribution in [3.8, 4) is 6.07 Å². The summed E-state index contributed by atoms with van der Waals surface area (Å²) in [6, 6.07) is 9.09. The van der Waals surface area contributed by atoms with Gasteiger partial charge in [0.25, 0.3) is 0 Å². The van der Waals surface area contributed by atoms with Gasteiger partial charge in [0.15, 0.2) is 5.69 Å². The third-order valence-electron chi connectivity index (χ3n) is 2.55. The zero-order valence-electron chi connectivity index (χ0n) is 9.46. The highest BCUT2D eigenvalue weighted by Crippen LogP contribution is 2.32. The highest BCUT2D eigenvalue weighted by Gasteiger charge is 2.12. The van der Waals surface area contributed by atoms with E-state index in [0.29, 0.717) is 27.6 Å². The Hall–Kier alpha value is -2.23. The number of pyridine rings is 1. The molecule has 0 saturated heterocycles. The number of anilines is 2. The molecule has 0 amide bonds. The molecule has 7 heteroatoms. The lowest BCUT2D eigenvalue weighted by Gasteiger charge is -2.09. The van der Waals surface area contributed by atoms with Crippen molar-refractivity contribution in [3.63, 3.8) is 0 Å². The molecule has 5 nitrogen and oxygen atoms in total. The first kappa shape index (κ1) is 11.8. The van der Waals surface area contributed by atoms with Gasteiger partial charge in [-0.2, -0.15) is 14.0 Å². The molecule has 0 aliphatic heterocycles. The number of hydrogen-bond donors (Lipinski definition) is 1. The topological polar surface area (TPSA) is 74.5 Å². The van der Waals surface area contributed by atoms with Crippen molar-refractivity contribution < 1.29 is 0 Å². The third-order valence-corrected chi connectivity index (χ3v) is 3.41. The summed E-state index contributed by atoms with van der Waals surface area (Å²) in [4.78, 5) is 3.99. The highest BCUT2D eigenvalue weighted by molar-refractivity contribution is 7.00. The van der Waals surface area contributed by atoms with E-state index in [4.69, 9.17) is 16.9 Å². The predicted molar refractivity (Wildman–Crippen MR) is 74.7 cm³/mol. The number of fused-ring (bicyclic) bond motifs is 1. The number of nitriles is 1. The summed E-state index contributed by atoms with van der Waals surface area (Å²) in [6.07, 6.45) is 1.57. The van der Waals surface area contributed by atoms with E-state index in [1.54, 1.807) is 30.5 Å². The Labute approximate surface area is 117 Å². The first-order valence-electron chi connectivity index (χ1n) is 5.32. The molecule has 0 saturated carbocycles. The fourth-order valence-corrected chi connectivity index (χ4v) is 2.42. The quantitative estimate of drug-likeness (QED) is 0.782. The van der Waals surface area contributed by atoms with Crippen LogP contribution in [-0.4, -0.2) is 13.7 Å². The lowest BCUT2D eigenvalue weighted by molar-refractivity contribution is 1.26. The molecule has 0 atom stereocenters. The van der Waals surface area contributed by atoms with Gasteiger partial charge in [0, 0.05) is 6.20 Å². The van der Waals surface area contributed by atoms with Crippen LogP contribution in [0.4, 0.5) is 11.4 Å². The van der Waals surface area contributed by atoms with Crippen LogP contribution in [0.25, 0.3) is 11.0 Å². The number of nitrogens with one attached hydrogen (secondary N) is 1. The molecule has 3 aromatic rings. The van der Waals surface area contributed by atoms with Crippen LogP contribution in [0.1, 0.15) is 5.69 Å². The van der Waals surface area contributed by atoms with Crippen LogP contribution in [0, 0.1) is 11.3 Å². The molecule has 19 heavy (non-hydrogen) atoms. The first-order valence-corrected chi connectivity index (χ1v) is 6.43. The van der Waals surface area contributed by atoms with Crippen LogP contribution in [-0.2, 0) is 0 Å². The molecule has 2 aromatic heterocycles. The molecule has 1 aromatic carbocycles. The van der Waals surface area contributed by atoms with E-state index < -0.39 is 0 Å². The van der Waals surface area contributed by atoms with Gasteiger partial charge in [0.05, 0.1) is 28.1 Å². The van der Waals surface area contributed by atoms with Crippen molar-refractivity contribution >= 4 is 45.7 Å². The Morgan fingerprint density at radius 1 is 1.26 bits per heavy atom. The number of hydrogen-bond acceptors (Lipinski definition) is 6. The van der Waals surface area contributed by atoms with E-state index in [1.807, 2.05) is 6.07 Å². The highest BCUT2D eigenvalue weighted by atomic mass is 35.5. The summed E-state index contributed by atoms with van der Waals surface area (Å²) in [5.41, 5.74) is 2.98. The van der Waals surface area contributed by atoms with E-state index in [2.05, 4.69) is 19.0 Å². The van der Waals surface area contributed by atoms with Crippen molar-refractivity contribution in [3.05, 3.63) is 41.2 Å². The Morgan fingerprint density at radius 2 is 2.16 bits per heavy atom. The number of rotatable bonds is 2. The summed E-state index contributed by atoms with van der Waals surface area (Å²) in [7, 11) is 0. The molecular formula is C12H6ClN5S. The smallest absolute Gasteiger partial charge is 0.163 e. The van der Waals surface area contributed by atoms with Crippen molar-refractivity contribution in [2.75, 3.05) is 5.32 Å². The van der Waals surface area contributed by atoms with E-state index in [-0.39, 0.29) is 0 Å². The molecule has 0 bridgehead atoms. The maximum absolute atomic E-state index is 9.03. The minimum atomic E-state index is 0.304. The molecular weight excluding hydrogens is 282 g/mol. The Kier molecular flexibility index (Phi) is 2.99. The Balaban J connectivity index is 2.13. The van der Waals surface area contributed by atoms with Crippen molar-refractivity contribution in [2.45, 2.75) is 0 Å². The molecule has 92 valence electrons. The van der Waals surface area contributed by atoms with Gasteiger partial charge in [-0.15, -0.1) is 0 Å². The second-order valence-corrected chi connectivity index (χ2v) is 4.63. The molecule has 0 aliphatic rings. The number of benzene rings is 1. The fraction of sp³-hybridized carbons (Fsp3) is 0. The average Bonchev–Trinajstić information content (AvgIpc) is 2.91. The maximum Gasteiger partial charge on any atom is 0.163 e. The summed E-state index contributed by atoms with van der Waals surface area (Å²) in [6.45, 7) is 0. The van der Waals surface area contributed by atoms with Gasteiger partial charge < -0.3 is 5.32 Å². The molecule has 0 unspecified atom stereocenters. The van der Waals surface area contributed by atoms with E-state index in [1.165, 1.54) is 0 Å². The van der Waals surface area contributed by atoms with E-state index in [9.17, 15) is 0 Å². The minimum Gasteiger partial charge on any atom is -0.350 e. The molecule has 0 fully saturated rings. The van der Waals surface area contributed by atoms with Crippen LogP contribution in [0.15, 0.2) is 30.5 Å². The van der Waals surface area contributed by atoms with E-state index in [0.717, 1.165) is 17.2 Å². The fourth-order valence-electron chi connectivity index (χ4n) is 1.68. The molecule has 0 aliphatic carbocycles. The normalized spacial score (nSPS) is 10.3. The molecule has 0 radical (unpaired) electrons. The summed E-state index contributed by atoms with van der Waals surface area (Å²) in [5.74, 6) is 0. The molecule has 1 N–H and O–H groups in total. The first-order chi connectivity index (χ1) is 9.29. The third kappa shape index (κ3) is 2.10. The summed E-state index contributed by atoms with van der Waals surface area (Å²) >= 11 is 7.29. The zero-order valence-corrected chi connectivity index (χ0v) is 11.0. The van der Waals surface area contributed by atoms with Crippen LogP contribution < -0.4 is 5.32 Å². The van der Waals surface area contributed by atoms with Crippen LogP contribution >= 0.6 is 23.3 Å². The van der Waals surface area contributed by atoms with Gasteiger partial charge in [0.1, 0.15) is 17.1 Å². The van der Waals surface area contributed by atoms with Gasteiger partial charge in [-0.05, 0) is 24.3 Å². The van der Waals surface area contributed by atoms with Gasteiger partial charge >= 0.3 is 0 Å². The van der Waals surface area contributed by atoms with Crippen molar-refractivity contribution in [1.29, 1.82) is 5.26 Å². The van der Waals surface area contributed by atoms with Gasteiger partial charge in [-0.3, -0.25) is 0 Å². The monoisotopic (exact) mass is 287 g/mol. The summed E-state index contributed by atoms with van der Waals surface area (Å²) in [5, 5.41) is 12.7. The van der Waals surface area contributed by atoms with Gasteiger partial charge in [-0.25, -0.2) is 4.98 Å². The maximum atomic E-state index is 9.03. The second kappa shape index (κ2) is 4.80. The largest absolute Gasteiger partial charge is 0.350 e. The van der Waals surface area contributed by atoms with Gasteiger partial charge in [-0.1, -0.05) is 11.6 Å². The SMILES string of the molecule is N#Cc1ncccc1Nc1c(Cl)ccc2nsnc12. The van der Waals surface area contributed by atoms with Crippen LogP contribution in [0.2, 0.25) is 5.02 Å². The lowest BCUT2D eigenvalue weighted by Crippen LogP contribution is -1.97. The van der Waals surface area contributed by atoms with Crippen LogP contribution in [0.3, 0.4) is 0 Å². The van der Waals surface area contributed by atoms with E-state index >= 15 is 0 Å².